The van der Waals surface area contributed by atoms with Crippen LogP contribution < -0.4 is 0 Å². The molecule has 1 N–H and O–H groups in total. The first kappa shape index (κ1) is 15.0. The number of H-pyrrole nitrogens is 1. The second kappa shape index (κ2) is 6.15. The minimum absolute atomic E-state index is 0.226. The quantitative estimate of drug-likeness (QED) is 0.806. The molecule has 0 unspecified atom stereocenters. The first-order valence-electron chi connectivity index (χ1n) is 8.52. The summed E-state index contributed by atoms with van der Waals surface area (Å²) in [5, 5.41) is 5.41. The van der Waals surface area contributed by atoms with E-state index in [2.05, 4.69) is 22.3 Å². The van der Waals surface area contributed by atoms with Crippen molar-refractivity contribution in [3.05, 3.63) is 54.0 Å². The maximum atomic E-state index is 12.7. The molecule has 5 heteroatoms. The molecular weight excluding hydrogens is 300 g/mol. The van der Waals surface area contributed by atoms with Gasteiger partial charge < -0.3 is 9.88 Å². The maximum absolute atomic E-state index is 12.7. The molecule has 1 aliphatic heterocycles. The van der Waals surface area contributed by atoms with E-state index >= 15 is 0 Å². The number of fused-ring (bicyclic) bond motifs is 1. The van der Waals surface area contributed by atoms with Crippen LogP contribution in [0.5, 0.6) is 0 Å². The van der Waals surface area contributed by atoms with Crippen molar-refractivity contribution in [1.82, 2.24) is 19.7 Å². The van der Waals surface area contributed by atoms with Gasteiger partial charge in [-0.3, -0.25) is 9.48 Å². The van der Waals surface area contributed by atoms with Gasteiger partial charge in [0.05, 0.1) is 12.6 Å². The average molecular weight is 322 g/mol. The molecule has 5 nitrogen and oxygen atoms in total. The third-order valence-electron chi connectivity index (χ3n) is 5.06. The van der Waals surface area contributed by atoms with Gasteiger partial charge in [0, 0.05) is 43.4 Å². The summed E-state index contributed by atoms with van der Waals surface area (Å²) in [5.74, 6) is 0.750. The van der Waals surface area contributed by atoms with Crippen LogP contribution in [0.3, 0.4) is 0 Å². The van der Waals surface area contributed by atoms with Crippen molar-refractivity contribution in [2.24, 2.45) is 7.05 Å². The summed E-state index contributed by atoms with van der Waals surface area (Å²) in [7, 11) is 1.95. The van der Waals surface area contributed by atoms with Crippen LogP contribution in [0.15, 0.2) is 42.9 Å². The summed E-state index contributed by atoms with van der Waals surface area (Å²) < 4.78 is 1.85. The minimum atomic E-state index is 0.226. The standard InChI is InChI=1S/C19H22N4O/c1-22-13-16(12-21-22)14-6-8-23(9-7-14)19(24)10-15-11-20-18-5-3-2-4-17(15)18/h2-5,11-14,20H,6-10H2,1H3. The van der Waals surface area contributed by atoms with Gasteiger partial charge in [0.1, 0.15) is 0 Å². The van der Waals surface area contributed by atoms with E-state index in [0.717, 1.165) is 42.4 Å². The summed E-state index contributed by atoms with van der Waals surface area (Å²) in [6.07, 6.45) is 8.52. The molecule has 0 bridgehead atoms. The molecule has 3 aromatic rings. The van der Waals surface area contributed by atoms with Crippen LogP contribution in [-0.2, 0) is 18.3 Å². The van der Waals surface area contributed by atoms with Gasteiger partial charge in [0.15, 0.2) is 0 Å². The zero-order valence-corrected chi connectivity index (χ0v) is 13.9. The molecule has 1 fully saturated rings. The Morgan fingerprint density at radius 2 is 2.08 bits per heavy atom. The predicted octanol–water partition coefficient (Wildman–Crippen LogP) is 2.85. The Morgan fingerprint density at radius 1 is 1.29 bits per heavy atom. The second-order valence-electron chi connectivity index (χ2n) is 6.64. The molecule has 3 heterocycles. The number of rotatable bonds is 3. The second-order valence-corrected chi connectivity index (χ2v) is 6.64. The lowest BCUT2D eigenvalue weighted by atomic mass is 9.91. The Balaban J connectivity index is 1.39. The third kappa shape index (κ3) is 2.82. The number of hydrogen-bond donors (Lipinski definition) is 1. The average Bonchev–Trinajstić information content (AvgIpc) is 3.22. The lowest BCUT2D eigenvalue weighted by Gasteiger charge is -2.31. The molecule has 0 saturated carbocycles. The highest BCUT2D eigenvalue weighted by Gasteiger charge is 2.25. The fraction of sp³-hybridized carbons (Fsp3) is 0.368. The molecular formula is C19H22N4O. The lowest BCUT2D eigenvalue weighted by molar-refractivity contribution is -0.131. The Morgan fingerprint density at radius 3 is 2.83 bits per heavy atom. The highest BCUT2D eigenvalue weighted by atomic mass is 16.2. The number of nitrogens with zero attached hydrogens (tertiary/aromatic N) is 3. The number of nitrogens with one attached hydrogen (secondary N) is 1. The van der Waals surface area contributed by atoms with Crippen LogP contribution >= 0.6 is 0 Å². The van der Waals surface area contributed by atoms with E-state index in [-0.39, 0.29) is 5.91 Å². The van der Waals surface area contributed by atoms with E-state index in [4.69, 9.17) is 0 Å². The number of carbonyl (C=O) groups is 1. The molecule has 0 atom stereocenters. The fourth-order valence-corrected chi connectivity index (χ4v) is 3.67. The van der Waals surface area contributed by atoms with Crippen LogP contribution in [0.25, 0.3) is 10.9 Å². The predicted molar refractivity (Wildman–Crippen MR) is 93.8 cm³/mol. The number of hydrogen-bond acceptors (Lipinski definition) is 2. The Bertz CT molecular complexity index is 855. The van der Waals surface area contributed by atoms with Crippen LogP contribution in [-0.4, -0.2) is 38.7 Å². The zero-order chi connectivity index (χ0) is 16.5. The van der Waals surface area contributed by atoms with Crippen molar-refractivity contribution in [1.29, 1.82) is 0 Å². The van der Waals surface area contributed by atoms with Crippen molar-refractivity contribution >= 4 is 16.8 Å². The number of aryl methyl sites for hydroxylation is 1. The number of aromatic amines is 1. The summed E-state index contributed by atoms with van der Waals surface area (Å²) in [5.41, 5.74) is 3.47. The number of piperidine rings is 1. The Labute approximate surface area is 141 Å². The number of benzene rings is 1. The molecule has 1 aliphatic rings. The lowest BCUT2D eigenvalue weighted by Crippen LogP contribution is -2.38. The molecule has 124 valence electrons. The van der Waals surface area contributed by atoms with Crippen molar-refractivity contribution in [3.63, 3.8) is 0 Å². The minimum Gasteiger partial charge on any atom is -0.361 e. The summed E-state index contributed by atoms with van der Waals surface area (Å²) in [4.78, 5) is 17.9. The Hall–Kier alpha value is -2.56. The van der Waals surface area contributed by atoms with Gasteiger partial charge in [0.25, 0.3) is 0 Å². The number of aromatic nitrogens is 3. The molecule has 24 heavy (non-hydrogen) atoms. The Kier molecular flexibility index (Phi) is 3.84. The number of para-hydroxylation sites is 1. The molecule has 1 amide bonds. The van der Waals surface area contributed by atoms with E-state index in [1.165, 1.54) is 5.56 Å². The van der Waals surface area contributed by atoms with Gasteiger partial charge in [-0.15, -0.1) is 0 Å². The third-order valence-corrected chi connectivity index (χ3v) is 5.06. The van der Waals surface area contributed by atoms with Crippen LogP contribution in [0.2, 0.25) is 0 Å². The molecule has 1 saturated heterocycles. The van der Waals surface area contributed by atoms with Crippen molar-refractivity contribution in [2.75, 3.05) is 13.1 Å². The van der Waals surface area contributed by atoms with Gasteiger partial charge in [0.2, 0.25) is 5.91 Å². The SMILES string of the molecule is Cn1cc(C2CCN(C(=O)Cc3c[nH]c4ccccc34)CC2)cn1. The van der Waals surface area contributed by atoms with Crippen molar-refractivity contribution in [2.45, 2.75) is 25.2 Å². The topological polar surface area (TPSA) is 53.9 Å². The molecule has 2 aromatic heterocycles. The number of likely N-dealkylation sites (tertiary alicyclic amines) is 1. The van der Waals surface area contributed by atoms with E-state index in [9.17, 15) is 4.79 Å². The van der Waals surface area contributed by atoms with E-state index < -0.39 is 0 Å². The van der Waals surface area contributed by atoms with Crippen molar-refractivity contribution < 1.29 is 4.79 Å². The summed E-state index contributed by atoms with van der Waals surface area (Å²) in [6, 6.07) is 8.14. The van der Waals surface area contributed by atoms with Crippen LogP contribution in [0, 0.1) is 0 Å². The smallest absolute Gasteiger partial charge is 0.227 e. The maximum Gasteiger partial charge on any atom is 0.227 e. The van der Waals surface area contributed by atoms with Crippen molar-refractivity contribution in [3.8, 4) is 0 Å². The zero-order valence-electron chi connectivity index (χ0n) is 13.9. The monoisotopic (exact) mass is 322 g/mol. The van der Waals surface area contributed by atoms with E-state index in [1.54, 1.807) is 0 Å². The van der Waals surface area contributed by atoms with Gasteiger partial charge in [-0.1, -0.05) is 18.2 Å². The van der Waals surface area contributed by atoms with Gasteiger partial charge in [-0.05, 0) is 36.0 Å². The molecule has 0 radical (unpaired) electrons. The summed E-state index contributed by atoms with van der Waals surface area (Å²) >= 11 is 0. The summed E-state index contributed by atoms with van der Waals surface area (Å²) in [6.45, 7) is 1.67. The van der Waals surface area contributed by atoms with E-state index in [0.29, 0.717) is 12.3 Å². The normalized spacial score (nSPS) is 16.0. The largest absolute Gasteiger partial charge is 0.361 e. The van der Waals surface area contributed by atoms with Gasteiger partial charge in [-0.25, -0.2) is 0 Å². The fourth-order valence-electron chi connectivity index (χ4n) is 3.67. The number of carbonyl (C=O) groups excluding carboxylic acids is 1. The molecule has 0 spiro atoms. The highest BCUT2D eigenvalue weighted by molar-refractivity contribution is 5.88. The van der Waals surface area contributed by atoms with Gasteiger partial charge >= 0.3 is 0 Å². The first-order valence-corrected chi connectivity index (χ1v) is 8.52. The van der Waals surface area contributed by atoms with E-state index in [1.807, 2.05) is 47.2 Å². The van der Waals surface area contributed by atoms with Crippen LogP contribution in [0.1, 0.15) is 29.9 Å². The first-order chi connectivity index (χ1) is 11.7. The molecule has 0 aliphatic carbocycles. The van der Waals surface area contributed by atoms with Gasteiger partial charge in [-0.2, -0.15) is 5.10 Å². The number of amides is 1. The molecule has 4 rings (SSSR count). The van der Waals surface area contributed by atoms with Crippen LogP contribution in [0.4, 0.5) is 0 Å². The highest BCUT2D eigenvalue weighted by Crippen LogP contribution is 2.28. The molecule has 1 aromatic carbocycles.